The highest BCUT2D eigenvalue weighted by Crippen LogP contribution is 2.42. The van der Waals surface area contributed by atoms with Crippen LogP contribution in [0.3, 0.4) is 0 Å². The van der Waals surface area contributed by atoms with Crippen LogP contribution in [0, 0.1) is 0 Å². The molecule has 0 fully saturated rings. The fraction of sp³-hybridized carbons (Fsp3) is 0. The summed E-state index contributed by atoms with van der Waals surface area (Å²) in [7, 11) is 39.9. The minimum absolute atomic E-state index is 0.332. The number of furan rings is 1. The number of fused-ring (bicyclic) bond motifs is 7. The normalized spacial score (nSPS) is 11.7. The van der Waals surface area contributed by atoms with Crippen molar-refractivity contribution in [2.45, 2.75) is 0 Å². The van der Waals surface area contributed by atoms with Crippen molar-refractivity contribution in [3.05, 3.63) is 170 Å². The first kappa shape index (κ1) is 39.8. The Morgan fingerprint density at radius 3 is 1.44 bits per heavy atom. The van der Waals surface area contributed by atoms with Gasteiger partial charge in [-0.2, -0.15) is 0 Å². The maximum atomic E-state index is 6.92. The number of aromatic nitrogens is 4. The van der Waals surface area contributed by atoms with Gasteiger partial charge in [0.2, 0.25) is 0 Å². The molecule has 0 aliphatic heterocycles. The lowest BCUT2D eigenvalue weighted by molar-refractivity contribution is 0.670. The smallest absolute Gasteiger partial charge is 0.164 e. The molecule has 12 rings (SSSR count). The number of benzene rings is 9. The summed E-state index contributed by atoms with van der Waals surface area (Å²) in [6.45, 7) is 0. The van der Waals surface area contributed by atoms with E-state index in [1.165, 1.54) is 0 Å². The van der Waals surface area contributed by atoms with Gasteiger partial charge in [0.15, 0.2) is 17.5 Å². The first-order valence-electron chi connectivity index (χ1n) is 21.4. The summed E-state index contributed by atoms with van der Waals surface area (Å²) < 4.78 is 8.93. The van der Waals surface area contributed by atoms with E-state index in [0.717, 1.165) is 77.3 Å². The molecule has 0 saturated heterocycles. The average molecular weight is 826 g/mol. The van der Waals surface area contributed by atoms with Crippen LogP contribution in [0.15, 0.2) is 174 Å². The quantitative estimate of drug-likeness (QED) is 0.168. The summed E-state index contributed by atoms with van der Waals surface area (Å²) in [5.74, 6) is 1.80. The van der Waals surface area contributed by atoms with E-state index in [1.807, 2.05) is 89.5 Å². The van der Waals surface area contributed by atoms with Gasteiger partial charge in [-0.1, -0.05) is 161 Å². The molecule has 5 nitrogen and oxygen atoms in total. The number of nitrogens with zero attached hydrogens (tertiary/aromatic N) is 4. The van der Waals surface area contributed by atoms with Crippen LogP contribution in [0.2, 0.25) is 0 Å². The van der Waals surface area contributed by atoms with Crippen LogP contribution in [-0.4, -0.2) is 66.6 Å². The first-order valence-corrected chi connectivity index (χ1v) is 21.4. The molecule has 0 aliphatic rings. The van der Waals surface area contributed by atoms with Crippen LogP contribution in [0.1, 0.15) is 0 Å². The van der Waals surface area contributed by atoms with E-state index in [-0.39, 0.29) is 0 Å². The molecular formula is C55H28B6N4O. The zero-order chi connectivity index (χ0) is 44.8. The molecule has 292 valence electrons. The lowest BCUT2D eigenvalue weighted by Crippen LogP contribution is -2.33. The Morgan fingerprint density at radius 1 is 0.364 bits per heavy atom. The van der Waals surface area contributed by atoms with Gasteiger partial charge in [-0.05, 0) is 68.6 Å². The van der Waals surface area contributed by atoms with E-state index in [4.69, 9.17) is 66.4 Å². The predicted molar refractivity (Wildman–Crippen MR) is 278 cm³/mol. The molecule has 0 N–H and O–H groups in total. The molecule has 3 aromatic heterocycles. The van der Waals surface area contributed by atoms with E-state index in [1.54, 1.807) is 12.1 Å². The van der Waals surface area contributed by atoms with Crippen molar-refractivity contribution in [2.24, 2.45) is 0 Å². The third-order valence-corrected chi connectivity index (χ3v) is 12.6. The van der Waals surface area contributed by atoms with Crippen LogP contribution < -0.4 is 32.8 Å². The van der Waals surface area contributed by atoms with Gasteiger partial charge in [0.25, 0.3) is 0 Å². The van der Waals surface area contributed by atoms with Gasteiger partial charge >= 0.3 is 0 Å². The molecule has 0 unspecified atom stereocenters. The van der Waals surface area contributed by atoms with E-state index >= 15 is 0 Å². The maximum Gasteiger partial charge on any atom is 0.164 e. The molecule has 11 heteroatoms. The van der Waals surface area contributed by atoms with Crippen LogP contribution in [0.4, 0.5) is 0 Å². The molecule has 0 saturated carbocycles. The highest BCUT2D eigenvalue weighted by molar-refractivity contribution is 6.62. The van der Waals surface area contributed by atoms with Crippen LogP contribution >= 0.6 is 0 Å². The Balaban J connectivity index is 1.06. The molecule has 0 bridgehead atoms. The Bertz CT molecular complexity index is 3820. The fourth-order valence-corrected chi connectivity index (χ4v) is 9.48. The van der Waals surface area contributed by atoms with E-state index in [9.17, 15) is 0 Å². The summed E-state index contributed by atoms with van der Waals surface area (Å²) in [6, 6.07) is 56.6. The summed E-state index contributed by atoms with van der Waals surface area (Å²) in [5.41, 5.74) is 12.2. The zero-order valence-corrected chi connectivity index (χ0v) is 35.3. The Kier molecular flexibility index (Phi) is 9.32. The third kappa shape index (κ3) is 6.29. The fourth-order valence-electron chi connectivity index (χ4n) is 9.48. The molecule has 3 heterocycles. The van der Waals surface area contributed by atoms with Crippen molar-refractivity contribution in [1.29, 1.82) is 0 Å². The molecule has 9 aromatic carbocycles. The lowest BCUT2D eigenvalue weighted by atomic mass is 9.71. The van der Waals surface area contributed by atoms with Crippen molar-refractivity contribution >= 4 is 134 Å². The Morgan fingerprint density at radius 2 is 0.864 bits per heavy atom. The minimum Gasteiger partial charge on any atom is -0.455 e. The molecular weight excluding hydrogens is 798 g/mol. The van der Waals surface area contributed by atoms with Gasteiger partial charge in [0, 0.05) is 49.7 Å². The van der Waals surface area contributed by atoms with Gasteiger partial charge in [0.05, 0.1) is 0 Å². The molecule has 12 radical (unpaired) electrons. The topological polar surface area (TPSA) is 56.7 Å². The van der Waals surface area contributed by atoms with Gasteiger partial charge in [-0.3, -0.25) is 0 Å². The van der Waals surface area contributed by atoms with Crippen molar-refractivity contribution in [2.75, 3.05) is 0 Å². The summed E-state index contributed by atoms with van der Waals surface area (Å²) in [6.07, 6.45) is 0. The molecule has 0 amide bonds. The minimum atomic E-state index is 0.332. The third-order valence-electron chi connectivity index (χ3n) is 12.6. The molecule has 66 heavy (non-hydrogen) atoms. The molecule has 0 spiro atoms. The Labute approximate surface area is 388 Å². The van der Waals surface area contributed by atoms with Gasteiger partial charge < -0.3 is 8.98 Å². The number of hydrogen-bond donors (Lipinski definition) is 0. The first-order chi connectivity index (χ1) is 32.2. The van der Waals surface area contributed by atoms with E-state index in [0.29, 0.717) is 72.1 Å². The van der Waals surface area contributed by atoms with Gasteiger partial charge in [0.1, 0.15) is 58.2 Å². The monoisotopic (exact) mass is 826 g/mol. The molecule has 0 atom stereocenters. The molecule has 0 aliphatic carbocycles. The van der Waals surface area contributed by atoms with Crippen molar-refractivity contribution in [3.63, 3.8) is 0 Å². The second-order valence-electron chi connectivity index (χ2n) is 16.5. The number of rotatable bonds is 6. The second kappa shape index (κ2) is 15.5. The molecule has 12 aromatic rings. The standard InChI is InChI=1S/C55H28B6N4O/c56-41-27-43(58)50-46(48(41)60)47-49(61)42(57)28-44(59)51(47)65(50)33-25-39(29-12-4-1-5-13-29)52-40(26-33)37-21-20-32(24-45(37)66-52)34-22-23-38(36-19-11-10-18-35(34)36)55-63-53(30-14-6-2-7-15-30)62-54(64-55)31-16-8-3-9-17-31/h1-28H. The lowest BCUT2D eigenvalue weighted by Gasteiger charge is -2.15. The highest BCUT2D eigenvalue weighted by atomic mass is 16.3. The van der Waals surface area contributed by atoms with Gasteiger partial charge in [-0.25, -0.2) is 15.0 Å². The predicted octanol–water partition coefficient (Wildman–Crippen LogP) is 7.12. The largest absolute Gasteiger partial charge is 0.455 e. The maximum absolute atomic E-state index is 6.92. The van der Waals surface area contributed by atoms with E-state index < -0.39 is 0 Å². The zero-order valence-electron chi connectivity index (χ0n) is 35.3. The Hall–Kier alpha value is -7.76. The highest BCUT2D eigenvalue weighted by Gasteiger charge is 2.24. The SMILES string of the molecule is [B]c1cc([B])c2c(c1[B])c1c([B])c([B])cc([B])c1n2-c1cc(-c2ccccc2)c2oc3cc(-c4ccc(-c5nc(-c6ccccc6)nc(-c6ccccc6)n5)c5ccccc45)ccc3c2c1. The summed E-state index contributed by atoms with van der Waals surface area (Å²) in [5, 5.41) is 5.05. The average Bonchev–Trinajstić information content (AvgIpc) is 3.92. The van der Waals surface area contributed by atoms with Gasteiger partial charge in [-0.15, -0.1) is 10.9 Å². The van der Waals surface area contributed by atoms with Crippen molar-refractivity contribution < 1.29 is 4.42 Å². The van der Waals surface area contributed by atoms with Crippen molar-refractivity contribution in [1.82, 2.24) is 19.5 Å². The van der Waals surface area contributed by atoms with Crippen molar-refractivity contribution in [3.8, 4) is 62.1 Å². The van der Waals surface area contributed by atoms with E-state index in [2.05, 4.69) is 72.8 Å². The summed E-state index contributed by atoms with van der Waals surface area (Å²) >= 11 is 0. The number of hydrogen-bond acceptors (Lipinski definition) is 4. The van der Waals surface area contributed by atoms with Crippen LogP contribution in [0.25, 0.3) is 117 Å². The van der Waals surface area contributed by atoms with Crippen LogP contribution in [0.5, 0.6) is 0 Å². The summed E-state index contributed by atoms with van der Waals surface area (Å²) in [4.78, 5) is 15.0. The second-order valence-corrected chi connectivity index (χ2v) is 16.5. The van der Waals surface area contributed by atoms with Crippen LogP contribution in [-0.2, 0) is 0 Å².